The van der Waals surface area contributed by atoms with E-state index in [9.17, 15) is 9.59 Å². The molecule has 1 aromatic rings. The number of likely N-dealkylation sites (N-methyl/N-ethyl adjacent to an activating group) is 1. The molecule has 0 bridgehead atoms. The van der Waals surface area contributed by atoms with Gasteiger partial charge in [-0.1, -0.05) is 20.8 Å². The Morgan fingerprint density at radius 2 is 1.87 bits per heavy atom. The molecule has 6 heteroatoms. The van der Waals surface area contributed by atoms with Gasteiger partial charge < -0.3 is 15.1 Å². The summed E-state index contributed by atoms with van der Waals surface area (Å²) < 4.78 is 0. The summed E-state index contributed by atoms with van der Waals surface area (Å²) in [5.41, 5.74) is 0.485. The van der Waals surface area contributed by atoms with Crippen LogP contribution in [0.2, 0.25) is 0 Å². The maximum atomic E-state index is 12.8. The molecule has 2 heterocycles. The minimum Gasteiger partial charge on any atom is -0.337 e. The molecule has 2 amide bonds. The highest BCUT2D eigenvalue weighted by Crippen LogP contribution is 2.29. The molecule has 0 unspecified atom stereocenters. The lowest BCUT2D eigenvalue weighted by atomic mass is 9.96. The Labute approximate surface area is 142 Å². The van der Waals surface area contributed by atoms with Crippen molar-refractivity contribution in [1.29, 1.82) is 0 Å². The molecule has 0 radical (unpaired) electrons. The second-order valence-electron chi connectivity index (χ2n) is 7.28. The summed E-state index contributed by atoms with van der Waals surface area (Å²) in [5.74, 6) is 0.0493. The highest BCUT2D eigenvalue weighted by Gasteiger charge is 2.25. The first-order valence-corrected chi connectivity index (χ1v) is 8.90. The van der Waals surface area contributed by atoms with Crippen molar-refractivity contribution in [2.75, 3.05) is 38.5 Å². The predicted molar refractivity (Wildman–Crippen MR) is 95.2 cm³/mol. The Hall–Kier alpha value is -1.40. The maximum absolute atomic E-state index is 12.8. The molecular formula is C17H27N3O2S. The van der Waals surface area contributed by atoms with Crippen molar-refractivity contribution in [2.24, 2.45) is 5.41 Å². The number of nitrogens with zero attached hydrogens (tertiary/aromatic N) is 2. The van der Waals surface area contributed by atoms with Crippen molar-refractivity contribution < 1.29 is 9.59 Å². The normalized spacial score (nSPS) is 17.0. The second kappa shape index (κ2) is 7.01. The van der Waals surface area contributed by atoms with Crippen molar-refractivity contribution in [2.45, 2.75) is 34.1 Å². The Balaban J connectivity index is 2.11. The standard InChI is InChI=1S/C17H27N3O2S/c1-12-11-13(18-16(22)17(2,3)4)23-14(12)15(21)20-8-6-7-19(5)9-10-20/h11H,6-10H2,1-5H3,(H,18,22). The largest absolute Gasteiger partial charge is 0.337 e. The van der Waals surface area contributed by atoms with Gasteiger partial charge >= 0.3 is 0 Å². The zero-order chi connectivity index (χ0) is 17.2. The third-order valence-electron chi connectivity index (χ3n) is 4.04. The summed E-state index contributed by atoms with van der Waals surface area (Å²) in [7, 11) is 2.09. The van der Waals surface area contributed by atoms with Crippen LogP contribution in [-0.4, -0.2) is 54.8 Å². The monoisotopic (exact) mass is 337 g/mol. The average Bonchev–Trinajstić information content (AvgIpc) is 2.67. The molecule has 0 atom stereocenters. The van der Waals surface area contributed by atoms with Crippen LogP contribution in [0.15, 0.2) is 6.07 Å². The number of thiophene rings is 1. The first-order valence-electron chi connectivity index (χ1n) is 8.08. The first-order chi connectivity index (χ1) is 10.7. The number of rotatable bonds is 2. The Kier molecular flexibility index (Phi) is 5.47. The molecule has 23 heavy (non-hydrogen) atoms. The molecule has 1 aliphatic rings. The fourth-order valence-electron chi connectivity index (χ4n) is 2.45. The molecule has 1 saturated heterocycles. The topological polar surface area (TPSA) is 52.7 Å². The van der Waals surface area contributed by atoms with Gasteiger partial charge in [0.25, 0.3) is 5.91 Å². The van der Waals surface area contributed by atoms with Crippen LogP contribution in [0.4, 0.5) is 5.00 Å². The number of hydrogen-bond acceptors (Lipinski definition) is 4. The molecule has 0 aliphatic carbocycles. The van der Waals surface area contributed by atoms with E-state index < -0.39 is 5.41 Å². The van der Waals surface area contributed by atoms with Crippen LogP contribution >= 0.6 is 11.3 Å². The Morgan fingerprint density at radius 1 is 1.17 bits per heavy atom. The first kappa shape index (κ1) is 17.9. The van der Waals surface area contributed by atoms with E-state index in [0.29, 0.717) is 0 Å². The third kappa shape index (κ3) is 4.54. The van der Waals surface area contributed by atoms with Crippen LogP contribution in [0.5, 0.6) is 0 Å². The van der Waals surface area contributed by atoms with Crippen molar-refractivity contribution in [1.82, 2.24) is 9.80 Å². The highest BCUT2D eigenvalue weighted by atomic mass is 32.1. The molecular weight excluding hydrogens is 310 g/mol. The van der Waals surface area contributed by atoms with E-state index in [1.165, 1.54) is 11.3 Å². The van der Waals surface area contributed by atoms with Gasteiger partial charge in [-0.2, -0.15) is 0 Å². The van der Waals surface area contributed by atoms with Crippen LogP contribution in [0.25, 0.3) is 0 Å². The maximum Gasteiger partial charge on any atom is 0.264 e. The summed E-state index contributed by atoms with van der Waals surface area (Å²) >= 11 is 1.38. The quantitative estimate of drug-likeness (QED) is 0.903. The van der Waals surface area contributed by atoms with Gasteiger partial charge in [0, 0.05) is 25.0 Å². The lowest BCUT2D eigenvalue weighted by Crippen LogP contribution is -2.34. The van der Waals surface area contributed by atoms with Gasteiger partial charge in [-0.25, -0.2) is 0 Å². The van der Waals surface area contributed by atoms with E-state index in [4.69, 9.17) is 0 Å². The van der Waals surface area contributed by atoms with Crippen LogP contribution in [-0.2, 0) is 4.79 Å². The van der Waals surface area contributed by atoms with Gasteiger partial charge in [-0.3, -0.25) is 9.59 Å². The van der Waals surface area contributed by atoms with E-state index in [-0.39, 0.29) is 11.8 Å². The molecule has 1 aliphatic heterocycles. The number of aryl methyl sites for hydroxylation is 1. The van der Waals surface area contributed by atoms with Crippen LogP contribution < -0.4 is 5.32 Å². The molecule has 1 N–H and O–H groups in total. The molecule has 1 aromatic heterocycles. The number of carbonyl (C=O) groups excluding carboxylic acids is 2. The third-order valence-corrected chi connectivity index (χ3v) is 5.18. The lowest BCUT2D eigenvalue weighted by Gasteiger charge is -2.20. The molecule has 5 nitrogen and oxygen atoms in total. The van der Waals surface area contributed by atoms with Gasteiger partial charge in [0.05, 0.1) is 9.88 Å². The van der Waals surface area contributed by atoms with Gasteiger partial charge in [0.2, 0.25) is 5.91 Å². The molecule has 128 valence electrons. The number of nitrogens with one attached hydrogen (secondary N) is 1. The van der Waals surface area contributed by atoms with Crippen LogP contribution in [0.3, 0.4) is 0 Å². The minimum atomic E-state index is -0.447. The van der Waals surface area contributed by atoms with E-state index in [1.807, 2.05) is 38.7 Å². The van der Waals surface area contributed by atoms with Crippen LogP contribution in [0.1, 0.15) is 42.4 Å². The smallest absolute Gasteiger partial charge is 0.264 e. The zero-order valence-electron chi connectivity index (χ0n) is 14.7. The van der Waals surface area contributed by atoms with Crippen LogP contribution in [0, 0.1) is 12.3 Å². The fraction of sp³-hybridized carbons (Fsp3) is 0.647. The minimum absolute atomic E-state index is 0.0332. The summed E-state index contributed by atoms with van der Waals surface area (Å²) in [6, 6.07) is 1.89. The predicted octanol–water partition coefficient (Wildman–Crippen LogP) is 2.82. The lowest BCUT2D eigenvalue weighted by molar-refractivity contribution is -0.123. The average molecular weight is 337 g/mol. The highest BCUT2D eigenvalue weighted by molar-refractivity contribution is 7.18. The van der Waals surface area contributed by atoms with Gasteiger partial charge in [-0.05, 0) is 38.6 Å². The van der Waals surface area contributed by atoms with Crippen molar-refractivity contribution in [3.63, 3.8) is 0 Å². The Morgan fingerprint density at radius 3 is 2.52 bits per heavy atom. The SMILES string of the molecule is Cc1cc(NC(=O)C(C)(C)C)sc1C(=O)N1CCCN(C)CC1. The fourth-order valence-corrected chi connectivity index (χ4v) is 3.48. The summed E-state index contributed by atoms with van der Waals surface area (Å²) in [6.07, 6.45) is 1.00. The number of hydrogen-bond donors (Lipinski definition) is 1. The molecule has 0 spiro atoms. The summed E-state index contributed by atoms with van der Waals surface area (Å²) in [6.45, 7) is 11.1. The van der Waals surface area contributed by atoms with Gasteiger partial charge in [-0.15, -0.1) is 11.3 Å². The molecule has 2 rings (SSSR count). The summed E-state index contributed by atoms with van der Waals surface area (Å²) in [5, 5.41) is 3.67. The van der Waals surface area contributed by atoms with Gasteiger partial charge in [0.1, 0.15) is 0 Å². The number of amides is 2. The zero-order valence-corrected chi connectivity index (χ0v) is 15.5. The van der Waals surface area contributed by atoms with E-state index in [1.54, 1.807) is 0 Å². The number of anilines is 1. The number of carbonyl (C=O) groups is 2. The van der Waals surface area contributed by atoms with Crippen molar-refractivity contribution in [3.05, 3.63) is 16.5 Å². The van der Waals surface area contributed by atoms with Crippen molar-refractivity contribution in [3.8, 4) is 0 Å². The van der Waals surface area contributed by atoms with E-state index >= 15 is 0 Å². The van der Waals surface area contributed by atoms with Crippen molar-refractivity contribution >= 4 is 28.2 Å². The van der Waals surface area contributed by atoms with E-state index in [2.05, 4.69) is 17.3 Å². The summed E-state index contributed by atoms with van der Waals surface area (Å²) in [4.78, 5) is 29.8. The molecule has 0 aromatic carbocycles. The molecule has 1 fully saturated rings. The van der Waals surface area contributed by atoms with E-state index in [0.717, 1.165) is 48.0 Å². The molecule has 0 saturated carbocycles. The van der Waals surface area contributed by atoms with Gasteiger partial charge in [0.15, 0.2) is 0 Å². The second-order valence-corrected chi connectivity index (χ2v) is 8.33. The Bertz CT molecular complexity index is 589.